The van der Waals surface area contributed by atoms with Crippen molar-refractivity contribution in [1.82, 2.24) is 14.9 Å². The zero-order chi connectivity index (χ0) is 25.2. The van der Waals surface area contributed by atoms with Crippen LogP contribution in [-0.2, 0) is 16.6 Å². The van der Waals surface area contributed by atoms with E-state index in [4.69, 9.17) is 18.7 Å². The van der Waals surface area contributed by atoms with E-state index in [9.17, 15) is 21.6 Å². The highest BCUT2D eigenvalue weighted by Crippen LogP contribution is 2.38. The summed E-state index contributed by atoms with van der Waals surface area (Å²) in [7, 11) is -1.82. The first-order valence-electron chi connectivity index (χ1n) is 9.94. The summed E-state index contributed by atoms with van der Waals surface area (Å²) in [5.74, 6) is -0.664. The van der Waals surface area contributed by atoms with E-state index in [2.05, 4.69) is 15.0 Å². The van der Waals surface area contributed by atoms with Gasteiger partial charge in [0.25, 0.3) is 10.0 Å². The molecule has 0 amide bonds. The largest absolute Gasteiger partial charge is 0.495 e. The van der Waals surface area contributed by atoms with Crippen LogP contribution in [0, 0.1) is 0 Å². The molecule has 2 aromatic carbocycles. The summed E-state index contributed by atoms with van der Waals surface area (Å²) < 4.78 is 89.5. The third kappa shape index (κ3) is 5.26. The Hall–Kier alpha value is -3.94. The number of hydrogen-bond donors (Lipinski definition) is 1. The molecule has 0 radical (unpaired) electrons. The minimum atomic E-state index is -4.63. The fourth-order valence-electron chi connectivity index (χ4n) is 3.37. The van der Waals surface area contributed by atoms with Gasteiger partial charge in [0, 0.05) is 12.4 Å². The Bertz CT molecular complexity index is 1410. The van der Waals surface area contributed by atoms with E-state index in [0.29, 0.717) is 5.56 Å². The number of hydrogen-bond acceptors (Lipinski definition) is 8. The van der Waals surface area contributed by atoms with Gasteiger partial charge >= 0.3 is 6.18 Å². The fraction of sp³-hybridized carbons (Fsp3) is 0.238. The van der Waals surface area contributed by atoms with Crippen LogP contribution in [0.2, 0.25) is 0 Å². The molecule has 0 spiro atoms. The lowest BCUT2D eigenvalue weighted by atomic mass is 10.1. The summed E-state index contributed by atoms with van der Waals surface area (Å²) in [6.07, 6.45) is -1.42. The van der Waals surface area contributed by atoms with E-state index < -0.39 is 22.8 Å². The van der Waals surface area contributed by atoms with Gasteiger partial charge in [0.2, 0.25) is 0 Å². The highest BCUT2D eigenvalue weighted by atomic mass is 32.2. The van der Waals surface area contributed by atoms with Crippen LogP contribution in [0.3, 0.4) is 0 Å². The Labute approximate surface area is 197 Å². The molecule has 0 aliphatic heterocycles. The summed E-state index contributed by atoms with van der Waals surface area (Å²) in [6.45, 7) is -1.41. The molecule has 0 aliphatic carbocycles. The average molecular weight is 512 g/mol. The van der Waals surface area contributed by atoms with E-state index in [1.165, 1.54) is 44.6 Å². The van der Waals surface area contributed by atoms with Crippen LogP contribution >= 0.6 is 0 Å². The topological polar surface area (TPSA) is 118 Å². The molecule has 0 atom stereocenters. The second kappa shape index (κ2) is 9.37. The van der Waals surface area contributed by atoms with Crippen molar-refractivity contribution in [1.29, 1.82) is 0 Å². The van der Waals surface area contributed by atoms with Crippen LogP contribution in [0.5, 0.6) is 17.2 Å². The third-order valence-corrected chi connectivity index (χ3v) is 6.18. The Morgan fingerprint density at radius 2 is 1.80 bits per heavy atom. The predicted octanol–water partition coefficient (Wildman–Crippen LogP) is 3.83. The van der Waals surface area contributed by atoms with Crippen LogP contribution in [0.25, 0.3) is 11.0 Å². The molecular weight excluding hydrogens is 493 g/mol. The second-order valence-corrected chi connectivity index (χ2v) is 8.82. The first-order chi connectivity index (χ1) is 16.6. The molecule has 10 nitrogen and oxygen atoms in total. The van der Waals surface area contributed by atoms with Crippen molar-refractivity contribution >= 4 is 26.8 Å². The molecule has 0 fully saturated rings. The van der Waals surface area contributed by atoms with Crippen molar-refractivity contribution in [3.63, 3.8) is 0 Å². The van der Waals surface area contributed by atoms with E-state index >= 15 is 0 Å². The van der Waals surface area contributed by atoms with Crippen molar-refractivity contribution < 1.29 is 40.3 Å². The number of sulfonamides is 1. The number of ether oxygens (including phenoxy) is 3. The van der Waals surface area contributed by atoms with E-state index in [1.807, 2.05) is 0 Å². The van der Waals surface area contributed by atoms with Gasteiger partial charge in [0.05, 0.1) is 20.8 Å². The molecule has 0 saturated carbocycles. The molecule has 0 unspecified atom stereocenters. The summed E-state index contributed by atoms with van der Waals surface area (Å²) >= 11 is 0. The number of aromatic nitrogens is 3. The zero-order valence-corrected chi connectivity index (χ0v) is 19.2. The molecule has 2 aromatic heterocycles. The molecule has 1 N–H and O–H groups in total. The molecule has 186 valence electrons. The minimum Gasteiger partial charge on any atom is -0.495 e. The minimum absolute atomic E-state index is 0.0107. The van der Waals surface area contributed by atoms with Crippen LogP contribution < -0.4 is 18.9 Å². The lowest BCUT2D eigenvalue weighted by molar-refractivity contribution is -0.153. The van der Waals surface area contributed by atoms with Gasteiger partial charge in [0.15, 0.2) is 22.9 Å². The van der Waals surface area contributed by atoms with Gasteiger partial charge in [-0.3, -0.25) is 9.40 Å². The molecule has 14 heteroatoms. The number of benzene rings is 2. The molecule has 0 bridgehead atoms. The lowest BCUT2D eigenvalue weighted by Gasteiger charge is -2.15. The first kappa shape index (κ1) is 24.2. The number of methoxy groups -OCH3 is 2. The Kier molecular flexibility index (Phi) is 6.47. The van der Waals surface area contributed by atoms with Crippen molar-refractivity contribution in [2.45, 2.75) is 17.6 Å². The lowest BCUT2D eigenvalue weighted by Crippen LogP contribution is -2.19. The Morgan fingerprint density at radius 1 is 1.09 bits per heavy atom. The van der Waals surface area contributed by atoms with E-state index in [-0.39, 0.29) is 45.5 Å². The second-order valence-electron chi connectivity index (χ2n) is 7.20. The van der Waals surface area contributed by atoms with Crippen molar-refractivity contribution in [3.05, 3.63) is 54.4 Å². The summed E-state index contributed by atoms with van der Waals surface area (Å²) in [5.41, 5.74) is 0.506. The highest BCUT2D eigenvalue weighted by Gasteiger charge is 2.31. The molecule has 4 aromatic rings. The molecule has 0 saturated heterocycles. The van der Waals surface area contributed by atoms with E-state index in [0.717, 1.165) is 0 Å². The number of halogens is 3. The highest BCUT2D eigenvalue weighted by molar-refractivity contribution is 7.93. The maximum atomic E-state index is 13.2. The third-order valence-electron chi connectivity index (χ3n) is 4.78. The summed E-state index contributed by atoms with van der Waals surface area (Å²) in [5, 5.41) is 7.70. The van der Waals surface area contributed by atoms with Gasteiger partial charge in [-0.05, 0) is 35.9 Å². The quantitative estimate of drug-likeness (QED) is 0.360. The van der Waals surface area contributed by atoms with Crippen molar-refractivity contribution in [2.75, 3.05) is 25.5 Å². The van der Waals surface area contributed by atoms with E-state index in [1.54, 1.807) is 23.1 Å². The van der Waals surface area contributed by atoms with Gasteiger partial charge in [-0.1, -0.05) is 11.2 Å². The Balaban J connectivity index is 1.78. The maximum absolute atomic E-state index is 13.2. The number of anilines is 1. The monoisotopic (exact) mass is 512 g/mol. The van der Waals surface area contributed by atoms with Crippen molar-refractivity contribution in [3.8, 4) is 17.2 Å². The standard InChI is InChI=1S/C21H19F3N4O6S/c1-31-14-5-3-6-15(32-2)19(14)35(29,30)27-20-18-16(33-12-21(22,23)24)9-13(10-17(18)34-26-20)11-28-8-4-7-25-28/h3-10H,11-12H2,1-2H3,(H,26,27). The molecule has 4 rings (SSSR count). The predicted molar refractivity (Wildman–Crippen MR) is 117 cm³/mol. The van der Waals surface area contributed by atoms with Gasteiger partial charge in [-0.2, -0.15) is 18.3 Å². The SMILES string of the molecule is COc1cccc(OC)c1S(=O)(=O)Nc1noc2cc(Cn3cccn3)cc(OCC(F)(F)F)c12. The number of alkyl halides is 3. The summed E-state index contributed by atoms with van der Waals surface area (Å²) in [6, 6.07) is 8.90. The summed E-state index contributed by atoms with van der Waals surface area (Å²) in [4.78, 5) is -0.325. The van der Waals surface area contributed by atoms with Gasteiger partial charge in [-0.25, -0.2) is 8.42 Å². The number of rotatable bonds is 9. The molecule has 0 aliphatic rings. The van der Waals surface area contributed by atoms with Crippen LogP contribution in [-0.4, -0.2) is 50.4 Å². The number of nitrogens with zero attached hydrogens (tertiary/aromatic N) is 3. The van der Waals surface area contributed by atoms with Gasteiger partial charge < -0.3 is 18.7 Å². The Morgan fingerprint density at radius 3 is 2.40 bits per heavy atom. The smallest absolute Gasteiger partial charge is 0.422 e. The normalized spacial score (nSPS) is 12.0. The molecule has 2 heterocycles. The molecular formula is C21H19F3N4O6S. The van der Waals surface area contributed by atoms with Crippen molar-refractivity contribution in [2.24, 2.45) is 0 Å². The van der Waals surface area contributed by atoms with Gasteiger partial charge in [-0.15, -0.1) is 0 Å². The maximum Gasteiger partial charge on any atom is 0.422 e. The van der Waals surface area contributed by atoms with Gasteiger partial charge in [0.1, 0.15) is 22.6 Å². The van der Waals surface area contributed by atoms with Crippen LogP contribution in [0.15, 0.2) is 58.2 Å². The average Bonchev–Trinajstić information content (AvgIpc) is 3.46. The number of fused-ring (bicyclic) bond motifs is 1. The van der Waals surface area contributed by atoms with Crippen LogP contribution in [0.1, 0.15) is 5.56 Å². The zero-order valence-electron chi connectivity index (χ0n) is 18.4. The fourth-order valence-corrected chi connectivity index (χ4v) is 4.69. The molecule has 35 heavy (non-hydrogen) atoms. The number of nitrogens with one attached hydrogen (secondary N) is 1. The first-order valence-corrected chi connectivity index (χ1v) is 11.4. The van der Waals surface area contributed by atoms with Crippen LogP contribution in [0.4, 0.5) is 19.0 Å².